The number of nitrogens with zero attached hydrogens (tertiary/aromatic N) is 1. The third kappa shape index (κ3) is 3.25. The number of hydrogen-bond donors (Lipinski definition) is 0. The van der Waals surface area contributed by atoms with E-state index in [1.54, 1.807) is 19.1 Å². The van der Waals surface area contributed by atoms with Crippen molar-refractivity contribution in [3.63, 3.8) is 0 Å². The first-order valence-corrected chi connectivity index (χ1v) is 8.07. The highest BCUT2D eigenvalue weighted by molar-refractivity contribution is 5.79. The normalized spacial score (nSPS) is 27.2. The van der Waals surface area contributed by atoms with E-state index in [1.165, 1.54) is 12.1 Å². The number of esters is 2. The van der Waals surface area contributed by atoms with Crippen LogP contribution in [0.5, 0.6) is 0 Å². The van der Waals surface area contributed by atoms with E-state index in [9.17, 15) is 19.7 Å². The minimum Gasteiger partial charge on any atom is -0.466 e. The van der Waals surface area contributed by atoms with Crippen LogP contribution in [0.2, 0.25) is 0 Å². The lowest BCUT2D eigenvalue weighted by Crippen LogP contribution is -2.19. The van der Waals surface area contributed by atoms with Gasteiger partial charge in [0.1, 0.15) is 6.61 Å². The van der Waals surface area contributed by atoms with Crippen LogP contribution < -0.4 is 0 Å². The first-order chi connectivity index (χ1) is 11.5. The Balaban J connectivity index is 1.44. The summed E-state index contributed by atoms with van der Waals surface area (Å²) < 4.78 is 10.3. The number of carbonyl (C=O) groups excluding carboxylic acids is 2. The lowest BCUT2D eigenvalue weighted by molar-refractivity contribution is -0.384. The van der Waals surface area contributed by atoms with Crippen LogP contribution in [0.3, 0.4) is 0 Å². The number of carbonyl (C=O) groups is 2. The van der Waals surface area contributed by atoms with Crippen molar-refractivity contribution < 1.29 is 24.0 Å². The molecule has 0 spiro atoms. The smallest absolute Gasteiger partial charge is 0.309 e. The maximum absolute atomic E-state index is 12.1. The molecule has 2 atom stereocenters. The molecule has 0 amide bonds. The van der Waals surface area contributed by atoms with Crippen LogP contribution in [0.25, 0.3) is 0 Å². The van der Waals surface area contributed by atoms with E-state index in [4.69, 9.17) is 9.47 Å². The van der Waals surface area contributed by atoms with Crippen LogP contribution >= 0.6 is 0 Å². The Kier molecular flexibility index (Phi) is 4.51. The number of benzene rings is 1. The number of ether oxygens (including phenoxy) is 2. The molecule has 2 fully saturated rings. The highest BCUT2D eigenvalue weighted by atomic mass is 16.6. The molecule has 0 heterocycles. The molecule has 0 aliphatic heterocycles. The average Bonchev–Trinajstić information content (AvgIpc) is 3.07. The van der Waals surface area contributed by atoms with Crippen molar-refractivity contribution in [3.05, 3.63) is 39.9 Å². The molecule has 2 aliphatic rings. The van der Waals surface area contributed by atoms with Crippen LogP contribution in [-0.2, 0) is 25.7 Å². The summed E-state index contributed by atoms with van der Waals surface area (Å²) in [6, 6.07) is 5.93. The zero-order valence-electron chi connectivity index (χ0n) is 13.3. The highest BCUT2D eigenvalue weighted by Gasteiger charge is 2.61. The molecular weight excluding hydrogens is 314 g/mol. The second kappa shape index (κ2) is 6.59. The van der Waals surface area contributed by atoms with Crippen molar-refractivity contribution in [2.24, 2.45) is 23.7 Å². The van der Waals surface area contributed by atoms with Gasteiger partial charge in [-0.2, -0.15) is 0 Å². The summed E-state index contributed by atoms with van der Waals surface area (Å²) in [6.07, 6.45) is 1.35. The summed E-state index contributed by atoms with van der Waals surface area (Å²) in [6.45, 7) is 2.27. The first kappa shape index (κ1) is 16.4. The SMILES string of the molecule is CCOC(=O)C1C2CC(C(=O)OCc3ccc([N+](=O)[O-])cc3)CC21. The van der Waals surface area contributed by atoms with Gasteiger partial charge in [-0.1, -0.05) is 0 Å². The molecular formula is C17H19NO6. The van der Waals surface area contributed by atoms with Crippen LogP contribution in [0.1, 0.15) is 25.3 Å². The molecule has 0 saturated heterocycles. The summed E-state index contributed by atoms with van der Waals surface area (Å²) in [5.74, 6) is -0.109. The summed E-state index contributed by atoms with van der Waals surface area (Å²) in [4.78, 5) is 33.9. The monoisotopic (exact) mass is 333 g/mol. The van der Waals surface area contributed by atoms with Crippen LogP contribution in [0.15, 0.2) is 24.3 Å². The van der Waals surface area contributed by atoms with Crippen molar-refractivity contribution >= 4 is 17.6 Å². The van der Waals surface area contributed by atoms with Crippen molar-refractivity contribution in [2.45, 2.75) is 26.4 Å². The zero-order chi connectivity index (χ0) is 17.3. The number of non-ortho nitro benzene ring substituents is 1. The Labute approximate surface area is 139 Å². The fourth-order valence-corrected chi connectivity index (χ4v) is 3.61. The predicted molar refractivity (Wildman–Crippen MR) is 82.7 cm³/mol. The molecule has 7 nitrogen and oxygen atoms in total. The molecule has 0 N–H and O–H groups in total. The lowest BCUT2D eigenvalue weighted by Gasteiger charge is -2.13. The molecule has 0 radical (unpaired) electrons. The Hall–Kier alpha value is -2.44. The van der Waals surface area contributed by atoms with Gasteiger partial charge in [-0.05, 0) is 49.3 Å². The van der Waals surface area contributed by atoms with Crippen molar-refractivity contribution in [1.29, 1.82) is 0 Å². The van der Waals surface area contributed by atoms with Gasteiger partial charge in [0.25, 0.3) is 5.69 Å². The Morgan fingerprint density at radius 1 is 1.12 bits per heavy atom. The van der Waals surface area contributed by atoms with Crippen LogP contribution in [0.4, 0.5) is 5.69 Å². The van der Waals surface area contributed by atoms with E-state index in [1.807, 2.05) is 0 Å². The predicted octanol–water partition coefficient (Wildman–Crippen LogP) is 2.47. The minimum absolute atomic E-state index is 0.00552. The van der Waals surface area contributed by atoms with Crippen LogP contribution in [0, 0.1) is 33.8 Å². The molecule has 2 unspecified atom stereocenters. The quantitative estimate of drug-likeness (QED) is 0.451. The number of nitro groups is 1. The fraction of sp³-hybridized carbons (Fsp3) is 0.529. The molecule has 128 valence electrons. The Bertz CT molecular complexity index is 644. The highest BCUT2D eigenvalue weighted by Crippen LogP contribution is 2.60. The largest absolute Gasteiger partial charge is 0.466 e. The topological polar surface area (TPSA) is 95.7 Å². The first-order valence-electron chi connectivity index (χ1n) is 8.07. The molecule has 0 aromatic heterocycles. The molecule has 3 rings (SSSR count). The van der Waals surface area contributed by atoms with Gasteiger partial charge in [0.15, 0.2) is 0 Å². The second-order valence-corrected chi connectivity index (χ2v) is 6.31. The van der Waals surface area contributed by atoms with E-state index in [-0.39, 0.29) is 47.9 Å². The minimum atomic E-state index is -0.472. The van der Waals surface area contributed by atoms with Crippen molar-refractivity contribution in [2.75, 3.05) is 6.61 Å². The number of rotatable bonds is 6. The molecule has 1 aromatic carbocycles. The maximum atomic E-state index is 12.1. The van der Waals surface area contributed by atoms with E-state index in [2.05, 4.69) is 0 Å². The number of nitro benzene ring substituents is 1. The summed E-state index contributed by atoms with van der Waals surface area (Å²) in [7, 11) is 0. The Morgan fingerprint density at radius 3 is 2.29 bits per heavy atom. The third-order valence-electron chi connectivity index (χ3n) is 4.87. The van der Waals surface area contributed by atoms with Crippen molar-refractivity contribution in [1.82, 2.24) is 0 Å². The average molecular weight is 333 g/mol. The molecule has 24 heavy (non-hydrogen) atoms. The van der Waals surface area contributed by atoms with Gasteiger partial charge >= 0.3 is 11.9 Å². The van der Waals surface area contributed by atoms with Crippen LogP contribution in [-0.4, -0.2) is 23.5 Å². The fourth-order valence-electron chi connectivity index (χ4n) is 3.61. The third-order valence-corrected chi connectivity index (χ3v) is 4.87. The lowest BCUT2D eigenvalue weighted by atomic mass is 10.0. The molecule has 2 aliphatic carbocycles. The van der Waals surface area contributed by atoms with E-state index in [0.717, 1.165) is 0 Å². The van der Waals surface area contributed by atoms with Gasteiger partial charge in [0, 0.05) is 12.1 Å². The summed E-state index contributed by atoms with van der Waals surface area (Å²) in [5, 5.41) is 10.6. The van der Waals surface area contributed by atoms with Gasteiger partial charge in [-0.25, -0.2) is 0 Å². The van der Waals surface area contributed by atoms with Gasteiger partial charge in [-0.15, -0.1) is 0 Å². The standard InChI is InChI=1S/C17H19NO6/c1-2-23-17(20)15-13-7-11(8-14(13)15)16(19)24-9-10-3-5-12(6-4-10)18(21)22/h3-6,11,13-15H,2,7-9H2,1H3. The second-order valence-electron chi connectivity index (χ2n) is 6.31. The summed E-state index contributed by atoms with van der Waals surface area (Å²) >= 11 is 0. The van der Waals surface area contributed by atoms with Gasteiger partial charge in [0.2, 0.25) is 0 Å². The molecule has 1 aromatic rings. The van der Waals surface area contributed by atoms with E-state index in [0.29, 0.717) is 25.0 Å². The van der Waals surface area contributed by atoms with Gasteiger partial charge in [0.05, 0.1) is 23.4 Å². The van der Waals surface area contributed by atoms with Gasteiger partial charge < -0.3 is 9.47 Å². The number of fused-ring (bicyclic) bond motifs is 1. The van der Waals surface area contributed by atoms with Gasteiger partial charge in [-0.3, -0.25) is 19.7 Å². The van der Waals surface area contributed by atoms with E-state index >= 15 is 0 Å². The molecule has 7 heteroatoms. The van der Waals surface area contributed by atoms with Crippen molar-refractivity contribution in [3.8, 4) is 0 Å². The zero-order valence-corrected chi connectivity index (χ0v) is 13.3. The maximum Gasteiger partial charge on any atom is 0.309 e. The van der Waals surface area contributed by atoms with E-state index < -0.39 is 4.92 Å². The Morgan fingerprint density at radius 2 is 1.75 bits per heavy atom. The summed E-state index contributed by atoms with van der Waals surface area (Å²) in [5.41, 5.74) is 0.715. The number of hydrogen-bond acceptors (Lipinski definition) is 6. The molecule has 0 bridgehead atoms. The molecule has 2 saturated carbocycles.